The quantitative estimate of drug-likeness (QED) is 0.604. The predicted molar refractivity (Wildman–Crippen MR) is 75.9 cm³/mol. The van der Waals surface area contributed by atoms with Crippen LogP contribution in [0, 0.1) is 0 Å². The molecule has 108 valence electrons. The number of ether oxygens (including phenoxy) is 2. The third-order valence-corrected chi connectivity index (χ3v) is 2.47. The van der Waals surface area contributed by atoms with E-state index in [2.05, 4.69) is 10.1 Å². The van der Waals surface area contributed by atoms with Crippen LogP contribution in [0.3, 0.4) is 0 Å². The Morgan fingerprint density at radius 2 is 2.00 bits per heavy atom. The van der Waals surface area contributed by atoms with Crippen LogP contribution in [0.5, 0.6) is 0 Å². The molecule has 0 aromatic heterocycles. The zero-order valence-corrected chi connectivity index (χ0v) is 11.7. The minimum atomic E-state index is -0.775. The van der Waals surface area contributed by atoms with E-state index in [1.165, 1.54) is 14.0 Å². The third kappa shape index (κ3) is 6.15. The molecule has 1 amide bonds. The number of hydrogen-bond donors (Lipinski definition) is 1. The molecule has 0 fully saturated rings. The molecule has 0 heterocycles. The number of rotatable bonds is 7. The van der Waals surface area contributed by atoms with Gasteiger partial charge in [-0.2, -0.15) is 0 Å². The number of nitrogens with one attached hydrogen (secondary N) is 1. The average Bonchev–Trinajstić information content (AvgIpc) is 2.45. The van der Waals surface area contributed by atoms with Crippen molar-refractivity contribution in [1.29, 1.82) is 0 Å². The number of hydrogen-bond acceptors (Lipinski definition) is 4. The number of esters is 1. The first-order valence-corrected chi connectivity index (χ1v) is 6.27. The molecule has 20 heavy (non-hydrogen) atoms. The van der Waals surface area contributed by atoms with E-state index in [1.54, 1.807) is 0 Å². The Morgan fingerprint density at radius 3 is 2.60 bits per heavy atom. The van der Waals surface area contributed by atoms with Crippen LogP contribution in [-0.2, 0) is 19.1 Å². The van der Waals surface area contributed by atoms with Gasteiger partial charge < -0.3 is 14.8 Å². The Labute approximate surface area is 118 Å². The zero-order valence-electron chi connectivity index (χ0n) is 11.7. The van der Waals surface area contributed by atoms with Gasteiger partial charge in [-0.3, -0.25) is 4.79 Å². The molecule has 1 N–H and O–H groups in total. The summed E-state index contributed by atoms with van der Waals surface area (Å²) in [5, 5.41) is 2.48. The molecule has 0 radical (unpaired) electrons. The second-order valence-electron chi connectivity index (χ2n) is 4.13. The van der Waals surface area contributed by atoms with Gasteiger partial charge in [0.05, 0.1) is 20.3 Å². The van der Waals surface area contributed by atoms with E-state index in [0.717, 1.165) is 5.56 Å². The molecule has 0 aliphatic heterocycles. The predicted octanol–water partition coefficient (Wildman–Crippen LogP) is 1.39. The van der Waals surface area contributed by atoms with Gasteiger partial charge in [-0.15, -0.1) is 0 Å². The maximum Gasteiger partial charge on any atom is 0.330 e. The summed E-state index contributed by atoms with van der Waals surface area (Å²) in [5.41, 5.74) is 1.07. The number of carbonyl (C=O) groups excluding carboxylic acids is 2. The second kappa shape index (κ2) is 8.87. The molecule has 1 unspecified atom stereocenters. The summed E-state index contributed by atoms with van der Waals surface area (Å²) in [5.74, 6) is -0.823. The van der Waals surface area contributed by atoms with Gasteiger partial charge in [0, 0.05) is 6.92 Å². The van der Waals surface area contributed by atoms with Crippen LogP contribution in [0.25, 0.3) is 6.08 Å². The average molecular weight is 277 g/mol. The summed E-state index contributed by atoms with van der Waals surface area (Å²) in [6.07, 6.45) is 3.77. The van der Waals surface area contributed by atoms with E-state index in [-0.39, 0.29) is 12.5 Å². The molecule has 5 heteroatoms. The van der Waals surface area contributed by atoms with E-state index in [9.17, 15) is 9.59 Å². The molecule has 1 atom stereocenters. The summed E-state index contributed by atoms with van der Waals surface area (Å²) in [4.78, 5) is 22.4. The van der Waals surface area contributed by atoms with Crippen LogP contribution in [-0.4, -0.2) is 38.2 Å². The van der Waals surface area contributed by atoms with Crippen molar-refractivity contribution in [2.24, 2.45) is 0 Å². The lowest BCUT2D eigenvalue weighted by Gasteiger charge is -2.14. The first-order chi connectivity index (χ1) is 9.63. The second-order valence-corrected chi connectivity index (χ2v) is 4.13. The highest BCUT2D eigenvalue weighted by atomic mass is 16.5. The molecule has 0 saturated carbocycles. The summed E-state index contributed by atoms with van der Waals surface area (Å²) in [7, 11) is 1.27. The number of amides is 1. The van der Waals surface area contributed by atoms with Crippen molar-refractivity contribution < 1.29 is 19.1 Å². The van der Waals surface area contributed by atoms with Crippen molar-refractivity contribution in [3.63, 3.8) is 0 Å². The van der Waals surface area contributed by atoms with Crippen LogP contribution in [0.15, 0.2) is 36.4 Å². The van der Waals surface area contributed by atoms with E-state index < -0.39 is 12.0 Å². The van der Waals surface area contributed by atoms with Crippen molar-refractivity contribution in [3.8, 4) is 0 Å². The molecular formula is C15H19NO4. The largest absolute Gasteiger partial charge is 0.467 e. The summed E-state index contributed by atoms with van der Waals surface area (Å²) in [6.45, 7) is 1.76. The summed E-state index contributed by atoms with van der Waals surface area (Å²) < 4.78 is 9.93. The van der Waals surface area contributed by atoms with Gasteiger partial charge >= 0.3 is 5.97 Å². The van der Waals surface area contributed by atoms with E-state index >= 15 is 0 Å². The standard InChI is InChI=1S/C15H19NO4/c1-12(17)16-14(15(18)19-2)11-20-10-6-9-13-7-4-3-5-8-13/h3-9,14H,10-11H2,1-2H3,(H,16,17). The number of methoxy groups -OCH3 is 1. The minimum Gasteiger partial charge on any atom is -0.467 e. The van der Waals surface area contributed by atoms with Gasteiger partial charge in [0.15, 0.2) is 6.04 Å². The van der Waals surface area contributed by atoms with Crippen LogP contribution in [0.4, 0.5) is 0 Å². The highest BCUT2D eigenvalue weighted by Crippen LogP contribution is 2.00. The van der Waals surface area contributed by atoms with Crippen LogP contribution >= 0.6 is 0 Å². The lowest BCUT2D eigenvalue weighted by atomic mass is 10.2. The smallest absolute Gasteiger partial charge is 0.330 e. The first kappa shape index (κ1) is 15.9. The van der Waals surface area contributed by atoms with Gasteiger partial charge in [-0.25, -0.2) is 4.79 Å². The fraction of sp³-hybridized carbons (Fsp3) is 0.333. The highest BCUT2D eigenvalue weighted by molar-refractivity contribution is 5.83. The van der Waals surface area contributed by atoms with E-state index in [0.29, 0.717) is 6.61 Å². The Bertz CT molecular complexity index is 456. The van der Waals surface area contributed by atoms with Gasteiger partial charge in [0.2, 0.25) is 5.91 Å². The van der Waals surface area contributed by atoms with Crippen molar-refractivity contribution in [2.75, 3.05) is 20.3 Å². The van der Waals surface area contributed by atoms with Crippen LogP contribution in [0.1, 0.15) is 12.5 Å². The Morgan fingerprint density at radius 1 is 1.30 bits per heavy atom. The molecule has 1 rings (SSSR count). The maximum absolute atomic E-state index is 11.4. The van der Waals surface area contributed by atoms with Gasteiger partial charge in [0.1, 0.15) is 0 Å². The van der Waals surface area contributed by atoms with Crippen molar-refractivity contribution in [3.05, 3.63) is 42.0 Å². The zero-order chi connectivity index (χ0) is 14.8. The Hall–Kier alpha value is -2.14. The fourth-order valence-corrected chi connectivity index (χ4v) is 1.56. The highest BCUT2D eigenvalue weighted by Gasteiger charge is 2.19. The Kier molecular flexibility index (Phi) is 7.06. The monoisotopic (exact) mass is 277 g/mol. The van der Waals surface area contributed by atoms with Gasteiger partial charge in [0.25, 0.3) is 0 Å². The summed E-state index contributed by atoms with van der Waals surface area (Å²) >= 11 is 0. The molecule has 0 bridgehead atoms. The summed E-state index contributed by atoms with van der Waals surface area (Å²) in [6, 6.07) is 9.02. The Balaban J connectivity index is 2.35. The first-order valence-electron chi connectivity index (χ1n) is 6.27. The molecule has 0 aliphatic rings. The van der Waals surface area contributed by atoms with Gasteiger partial charge in [-0.1, -0.05) is 42.5 Å². The lowest BCUT2D eigenvalue weighted by molar-refractivity contribution is -0.146. The molecule has 0 spiro atoms. The maximum atomic E-state index is 11.4. The van der Waals surface area contributed by atoms with Crippen LogP contribution in [0.2, 0.25) is 0 Å². The SMILES string of the molecule is COC(=O)C(COCC=Cc1ccccc1)NC(C)=O. The molecule has 5 nitrogen and oxygen atoms in total. The fourth-order valence-electron chi connectivity index (χ4n) is 1.56. The normalized spacial score (nSPS) is 12.1. The topological polar surface area (TPSA) is 64.6 Å². The number of carbonyl (C=O) groups is 2. The van der Waals surface area contributed by atoms with Gasteiger partial charge in [-0.05, 0) is 5.56 Å². The molecule has 1 aromatic carbocycles. The van der Waals surface area contributed by atoms with E-state index in [1.807, 2.05) is 42.5 Å². The van der Waals surface area contributed by atoms with Crippen molar-refractivity contribution in [2.45, 2.75) is 13.0 Å². The third-order valence-electron chi connectivity index (χ3n) is 2.47. The molecular weight excluding hydrogens is 258 g/mol. The van der Waals surface area contributed by atoms with Crippen LogP contribution < -0.4 is 5.32 Å². The van der Waals surface area contributed by atoms with Crippen molar-refractivity contribution >= 4 is 18.0 Å². The molecule has 0 saturated heterocycles. The molecule has 1 aromatic rings. The lowest BCUT2D eigenvalue weighted by Crippen LogP contribution is -2.43. The minimum absolute atomic E-state index is 0.0748. The van der Waals surface area contributed by atoms with Crippen molar-refractivity contribution in [1.82, 2.24) is 5.32 Å². The number of benzene rings is 1. The van der Waals surface area contributed by atoms with E-state index in [4.69, 9.17) is 4.74 Å². The molecule has 0 aliphatic carbocycles.